The van der Waals surface area contributed by atoms with Crippen LogP contribution in [0.1, 0.15) is 10.4 Å². The molecule has 0 atom stereocenters. The number of carbonyl (C=O) groups is 1. The number of anilines is 1. The molecule has 1 rings (SSSR count). The van der Waals surface area contributed by atoms with Crippen LogP contribution in [0.5, 0.6) is 0 Å². The highest BCUT2D eigenvalue weighted by molar-refractivity contribution is 5.99. The molecule has 0 aliphatic rings. The number of hydrogen-bond acceptors (Lipinski definition) is 6. The molecule has 0 aromatic heterocycles. The van der Waals surface area contributed by atoms with Gasteiger partial charge >= 0.3 is 0 Å². The van der Waals surface area contributed by atoms with Crippen molar-refractivity contribution in [2.75, 3.05) is 45.8 Å². The zero-order chi connectivity index (χ0) is 15.7. The minimum absolute atomic E-state index is 0.0174. The molecule has 2 N–H and O–H groups in total. The van der Waals surface area contributed by atoms with E-state index in [1.165, 1.54) is 12.1 Å². The van der Waals surface area contributed by atoms with Gasteiger partial charge in [-0.15, -0.1) is 0 Å². The largest absolute Gasteiger partial charge is 0.388 e. The standard InChI is InChI=1S/C13H19N3O5/c1-14-10-3-4-12(16(18)19)11(9-10)13(17)15-5-6-21-8-7-20-2/h3-4,9,14H,5-8H2,1-2H3,(H,15,17). The summed E-state index contributed by atoms with van der Waals surface area (Å²) >= 11 is 0. The quantitative estimate of drug-likeness (QED) is 0.401. The fourth-order valence-corrected chi connectivity index (χ4v) is 1.61. The van der Waals surface area contributed by atoms with Crippen molar-refractivity contribution in [3.63, 3.8) is 0 Å². The van der Waals surface area contributed by atoms with Crippen molar-refractivity contribution in [2.45, 2.75) is 0 Å². The highest BCUT2D eigenvalue weighted by Crippen LogP contribution is 2.22. The summed E-state index contributed by atoms with van der Waals surface area (Å²) in [7, 11) is 3.24. The minimum Gasteiger partial charge on any atom is -0.388 e. The molecule has 8 heteroatoms. The van der Waals surface area contributed by atoms with Crippen molar-refractivity contribution < 1.29 is 19.2 Å². The van der Waals surface area contributed by atoms with E-state index in [2.05, 4.69) is 10.6 Å². The Kier molecular flexibility index (Phi) is 7.13. The van der Waals surface area contributed by atoms with Crippen LogP contribution in [0, 0.1) is 10.1 Å². The van der Waals surface area contributed by atoms with Gasteiger partial charge in [0, 0.05) is 32.5 Å². The van der Waals surface area contributed by atoms with Crippen LogP contribution in [-0.2, 0) is 9.47 Å². The molecular formula is C13H19N3O5. The average Bonchev–Trinajstić information content (AvgIpc) is 2.49. The first-order valence-electron chi connectivity index (χ1n) is 6.41. The summed E-state index contributed by atoms with van der Waals surface area (Å²) in [5.41, 5.74) is 0.414. The fraction of sp³-hybridized carbons (Fsp3) is 0.462. The molecule has 0 aliphatic carbocycles. The van der Waals surface area contributed by atoms with Gasteiger partial charge in [-0.25, -0.2) is 0 Å². The summed E-state index contributed by atoms with van der Waals surface area (Å²) in [6.45, 7) is 1.49. The SMILES string of the molecule is CNc1ccc([N+](=O)[O-])c(C(=O)NCCOCCOC)c1. The van der Waals surface area contributed by atoms with Crippen molar-refractivity contribution in [3.05, 3.63) is 33.9 Å². The van der Waals surface area contributed by atoms with Crippen molar-refractivity contribution in [1.29, 1.82) is 0 Å². The summed E-state index contributed by atoms with van der Waals surface area (Å²) in [5.74, 6) is -0.505. The van der Waals surface area contributed by atoms with Crippen molar-refractivity contribution >= 4 is 17.3 Å². The Morgan fingerprint density at radius 3 is 2.71 bits per heavy atom. The second kappa shape index (κ2) is 8.88. The molecule has 0 saturated carbocycles. The van der Waals surface area contributed by atoms with Crippen molar-refractivity contribution in [1.82, 2.24) is 5.32 Å². The van der Waals surface area contributed by atoms with Crippen LogP contribution in [0.15, 0.2) is 18.2 Å². The predicted molar refractivity (Wildman–Crippen MR) is 77.7 cm³/mol. The molecule has 21 heavy (non-hydrogen) atoms. The van der Waals surface area contributed by atoms with Crippen LogP contribution in [0.3, 0.4) is 0 Å². The van der Waals surface area contributed by atoms with Gasteiger partial charge < -0.3 is 20.1 Å². The molecule has 0 saturated heterocycles. The molecule has 0 aliphatic heterocycles. The molecule has 1 aromatic rings. The van der Waals surface area contributed by atoms with E-state index in [1.54, 1.807) is 20.2 Å². The number of nitro benzene ring substituents is 1. The van der Waals surface area contributed by atoms with Crippen LogP contribution >= 0.6 is 0 Å². The van der Waals surface area contributed by atoms with Gasteiger partial charge in [0.25, 0.3) is 11.6 Å². The number of rotatable bonds is 9. The maximum absolute atomic E-state index is 12.0. The lowest BCUT2D eigenvalue weighted by Crippen LogP contribution is -2.28. The summed E-state index contributed by atoms with van der Waals surface area (Å²) in [4.78, 5) is 22.4. The van der Waals surface area contributed by atoms with Crippen LogP contribution in [-0.4, -0.2) is 51.4 Å². The molecule has 0 spiro atoms. The lowest BCUT2D eigenvalue weighted by atomic mass is 10.1. The van der Waals surface area contributed by atoms with E-state index >= 15 is 0 Å². The Morgan fingerprint density at radius 1 is 1.33 bits per heavy atom. The Bertz CT molecular complexity index is 493. The number of nitrogens with zero attached hydrogens (tertiary/aromatic N) is 1. The minimum atomic E-state index is -0.580. The zero-order valence-corrected chi connectivity index (χ0v) is 12.0. The van der Waals surface area contributed by atoms with E-state index in [9.17, 15) is 14.9 Å². The summed E-state index contributed by atoms with van der Waals surface area (Å²) in [6.07, 6.45) is 0. The predicted octanol–water partition coefficient (Wildman–Crippen LogP) is 1.03. The van der Waals surface area contributed by atoms with E-state index in [1.807, 2.05) is 0 Å². The lowest BCUT2D eigenvalue weighted by Gasteiger charge is -2.08. The van der Waals surface area contributed by atoms with E-state index in [4.69, 9.17) is 9.47 Å². The first-order chi connectivity index (χ1) is 10.1. The van der Waals surface area contributed by atoms with Gasteiger partial charge in [-0.3, -0.25) is 14.9 Å². The van der Waals surface area contributed by atoms with Crippen LogP contribution < -0.4 is 10.6 Å². The Balaban J connectivity index is 2.61. The summed E-state index contributed by atoms with van der Waals surface area (Å²) in [5, 5.41) is 16.4. The van der Waals surface area contributed by atoms with E-state index in [0.717, 1.165) is 0 Å². The second-order valence-electron chi connectivity index (χ2n) is 4.10. The van der Waals surface area contributed by atoms with Gasteiger partial charge in [0.1, 0.15) is 5.56 Å². The molecule has 1 aromatic carbocycles. The molecule has 0 fully saturated rings. The van der Waals surface area contributed by atoms with Gasteiger partial charge in [0.05, 0.1) is 24.7 Å². The van der Waals surface area contributed by atoms with Gasteiger partial charge in [0.2, 0.25) is 0 Å². The third kappa shape index (κ3) is 5.36. The molecule has 0 heterocycles. The second-order valence-corrected chi connectivity index (χ2v) is 4.10. The van der Waals surface area contributed by atoms with E-state index in [-0.39, 0.29) is 17.8 Å². The molecule has 0 bridgehead atoms. The van der Waals surface area contributed by atoms with Gasteiger partial charge in [-0.05, 0) is 12.1 Å². The van der Waals surface area contributed by atoms with Crippen LogP contribution in [0.25, 0.3) is 0 Å². The average molecular weight is 297 g/mol. The molecule has 1 amide bonds. The number of benzene rings is 1. The molecule has 0 unspecified atom stereocenters. The molecule has 8 nitrogen and oxygen atoms in total. The van der Waals surface area contributed by atoms with E-state index in [0.29, 0.717) is 25.5 Å². The number of hydrogen-bond donors (Lipinski definition) is 2. The topological polar surface area (TPSA) is 103 Å². The smallest absolute Gasteiger partial charge is 0.282 e. The summed E-state index contributed by atoms with van der Waals surface area (Å²) < 4.78 is 10.0. The molecular weight excluding hydrogens is 278 g/mol. The maximum atomic E-state index is 12.0. The highest BCUT2D eigenvalue weighted by Gasteiger charge is 2.20. The Morgan fingerprint density at radius 2 is 2.10 bits per heavy atom. The Labute approximate surface area is 122 Å². The van der Waals surface area contributed by atoms with Crippen molar-refractivity contribution in [3.8, 4) is 0 Å². The first-order valence-corrected chi connectivity index (χ1v) is 6.41. The van der Waals surface area contributed by atoms with Crippen molar-refractivity contribution in [2.24, 2.45) is 0 Å². The van der Waals surface area contributed by atoms with Crippen LogP contribution in [0.2, 0.25) is 0 Å². The number of nitrogens with one attached hydrogen (secondary N) is 2. The number of nitro groups is 1. The number of carbonyl (C=O) groups excluding carboxylic acids is 1. The summed E-state index contributed by atoms with van der Waals surface area (Å²) in [6, 6.07) is 4.29. The molecule has 116 valence electrons. The van der Waals surface area contributed by atoms with Gasteiger partial charge in [-0.1, -0.05) is 0 Å². The lowest BCUT2D eigenvalue weighted by molar-refractivity contribution is -0.385. The number of methoxy groups -OCH3 is 1. The third-order valence-electron chi connectivity index (χ3n) is 2.69. The van der Waals surface area contributed by atoms with Gasteiger partial charge in [-0.2, -0.15) is 0 Å². The fourth-order valence-electron chi connectivity index (χ4n) is 1.61. The van der Waals surface area contributed by atoms with E-state index < -0.39 is 10.8 Å². The zero-order valence-electron chi connectivity index (χ0n) is 12.0. The number of amides is 1. The molecule has 0 radical (unpaired) electrons. The van der Waals surface area contributed by atoms with Crippen LogP contribution in [0.4, 0.5) is 11.4 Å². The first kappa shape index (κ1) is 16.9. The van der Waals surface area contributed by atoms with Gasteiger partial charge in [0.15, 0.2) is 0 Å². The number of ether oxygens (including phenoxy) is 2. The maximum Gasteiger partial charge on any atom is 0.282 e. The highest BCUT2D eigenvalue weighted by atomic mass is 16.6. The monoisotopic (exact) mass is 297 g/mol. The Hall–Kier alpha value is -2.19. The third-order valence-corrected chi connectivity index (χ3v) is 2.69. The normalized spacial score (nSPS) is 10.2.